The van der Waals surface area contributed by atoms with Gasteiger partial charge < -0.3 is 5.32 Å². The lowest BCUT2D eigenvalue weighted by Gasteiger charge is -2.46. The van der Waals surface area contributed by atoms with Crippen LogP contribution in [0.15, 0.2) is 42.0 Å². The molecule has 0 saturated heterocycles. The number of allylic oxidation sites excluding steroid dienone is 2. The van der Waals surface area contributed by atoms with Crippen LogP contribution in [0.4, 0.5) is 0 Å². The molecule has 3 rings (SSSR count). The highest BCUT2D eigenvalue weighted by molar-refractivity contribution is 5.94. The van der Waals surface area contributed by atoms with Gasteiger partial charge in [0.25, 0.3) is 0 Å². The quantitative estimate of drug-likeness (QED) is 0.637. The van der Waals surface area contributed by atoms with Crippen LogP contribution in [0.2, 0.25) is 0 Å². The summed E-state index contributed by atoms with van der Waals surface area (Å²) in [5, 5.41) is 3.58. The van der Waals surface area contributed by atoms with E-state index in [4.69, 9.17) is 0 Å². The molecule has 2 heteroatoms. The molecule has 0 amide bonds. The molecule has 1 atom stereocenters. The molecule has 0 fully saturated rings. The van der Waals surface area contributed by atoms with Gasteiger partial charge >= 0.3 is 0 Å². The van der Waals surface area contributed by atoms with Crippen molar-refractivity contribution in [3.05, 3.63) is 53.1 Å². The standard InChI is InChI=1S/C21H27NO/c1-15(23)16-7-9-17(10-8-16)18-11-12-21(4)14-22-13-5-6-19(21)20(18,2)3/h6-11,22H,5,12-14H2,1-4H3. The number of hydrogen-bond acceptors (Lipinski definition) is 2. The van der Waals surface area contributed by atoms with Gasteiger partial charge in [-0.3, -0.25) is 4.79 Å². The van der Waals surface area contributed by atoms with Crippen molar-refractivity contribution in [1.82, 2.24) is 5.32 Å². The van der Waals surface area contributed by atoms with Crippen molar-refractivity contribution >= 4 is 11.4 Å². The van der Waals surface area contributed by atoms with Gasteiger partial charge in [0.05, 0.1) is 0 Å². The smallest absolute Gasteiger partial charge is 0.159 e. The number of carbonyl (C=O) groups excluding carboxylic acids is 1. The fourth-order valence-electron chi connectivity index (χ4n) is 4.31. The number of benzene rings is 1. The van der Waals surface area contributed by atoms with Crippen LogP contribution >= 0.6 is 0 Å². The third-order valence-electron chi connectivity index (χ3n) is 5.54. The molecule has 122 valence electrons. The van der Waals surface area contributed by atoms with Gasteiger partial charge in [0.1, 0.15) is 0 Å². The van der Waals surface area contributed by atoms with Crippen molar-refractivity contribution in [2.45, 2.75) is 40.5 Å². The van der Waals surface area contributed by atoms with E-state index in [0.717, 1.165) is 31.5 Å². The van der Waals surface area contributed by atoms with Gasteiger partial charge in [0.15, 0.2) is 5.78 Å². The van der Waals surface area contributed by atoms with E-state index in [-0.39, 0.29) is 16.6 Å². The molecule has 1 aromatic rings. The molecule has 2 aliphatic rings. The Morgan fingerprint density at radius 3 is 2.43 bits per heavy atom. The Labute approximate surface area is 139 Å². The molecule has 0 bridgehead atoms. The van der Waals surface area contributed by atoms with Crippen LogP contribution in [-0.4, -0.2) is 18.9 Å². The largest absolute Gasteiger partial charge is 0.316 e. The van der Waals surface area contributed by atoms with E-state index in [1.807, 2.05) is 12.1 Å². The summed E-state index contributed by atoms with van der Waals surface area (Å²) in [4.78, 5) is 11.5. The summed E-state index contributed by atoms with van der Waals surface area (Å²) in [5.74, 6) is 0.124. The average Bonchev–Trinajstić information content (AvgIpc) is 2.70. The Morgan fingerprint density at radius 2 is 1.78 bits per heavy atom. The molecule has 1 aromatic carbocycles. The summed E-state index contributed by atoms with van der Waals surface area (Å²) in [6.07, 6.45) is 7.04. The SMILES string of the molecule is CC(=O)c1ccc(C2=CCC3(C)CNCCC=C3C2(C)C)cc1. The van der Waals surface area contributed by atoms with E-state index in [2.05, 4.69) is 50.4 Å². The van der Waals surface area contributed by atoms with Gasteiger partial charge in [-0.15, -0.1) is 0 Å². The first kappa shape index (κ1) is 16.2. The summed E-state index contributed by atoms with van der Waals surface area (Å²) < 4.78 is 0. The topological polar surface area (TPSA) is 29.1 Å². The fourth-order valence-corrected chi connectivity index (χ4v) is 4.31. The molecule has 1 aliphatic carbocycles. The second kappa shape index (κ2) is 5.76. The molecule has 0 saturated carbocycles. The van der Waals surface area contributed by atoms with Crippen LogP contribution < -0.4 is 5.32 Å². The first-order valence-corrected chi connectivity index (χ1v) is 8.58. The second-order valence-corrected chi connectivity index (χ2v) is 7.72. The first-order chi connectivity index (χ1) is 10.8. The molecule has 0 spiro atoms. The van der Waals surface area contributed by atoms with Crippen molar-refractivity contribution in [3.63, 3.8) is 0 Å². The summed E-state index contributed by atoms with van der Waals surface area (Å²) in [6, 6.07) is 8.10. The molecule has 1 N–H and O–H groups in total. The Balaban J connectivity index is 2.03. The molecular formula is C21H27NO. The highest BCUT2D eigenvalue weighted by atomic mass is 16.1. The van der Waals surface area contributed by atoms with Crippen molar-refractivity contribution in [2.24, 2.45) is 10.8 Å². The maximum absolute atomic E-state index is 11.5. The summed E-state index contributed by atoms with van der Waals surface area (Å²) in [6.45, 7) is 10.8. The number of Topliss-reactive ketones (excluding diaryl/α,β-unsaturated/α-hetero) is 1. The number of nitrogens with one attached hydrogen (secondary N) is 1. The molecule has 1 unspecified atom stereocenters. The zero-order valence-corrected chi connectivity index (χ0v) is 14.7. The minimum absolute atomic E-state index is 0.0246. The normalized spacial score (nSPS) is 26.6. The molecule has 2 nitrogen and oxygen atoms in total. The Bertz CT molecular complexity index is 678. The average molecular weight is 309 g/mol. The van der Waals surface area contributed by atoms with E-state index in [1.54, 1.807) is 12.5 Å². The Kier molecular flexibility index (Phi) is 4.05. The van der Waals surface area contributed by atoms with Crippen molar-refractivity contribution in [1.29, 1.82) is 0 Å². The summed E-state index contributed by atoms with van der Waals surface area (Å²) in [7, 11) is 0. The van der Waals surface area contributed by atoms with E-state index in [9.17, 15) is 4.79 Å². The summed E-state index contributed by atoms with van der Waals surface area (Å²) in [5.41, 5.74) is 5.20. The van der Waals surface area contributed by atoms with Gasteiger partial charge in [-0.25, -0.2) is 0 Å². The van der Waals surface area contributed by atoms with E-state index >= 15 is 0 Å². The van der Waals surface area contributed by atoms with Crippen LogP contribution in [0, 0.1) is 10.8 Å². The summed E-state index contributed by atoms with van der Waals surface area (Å²) >= 11 is 0. The Hall–Kier alpha value is -1.67. The fraction of sp³-hybridized carbons (Fsp3) is 0.476. The van der Waals surface area contributed by atoms with Crippen LogP contribution in [0.1, 0.15) is 56.5 Å². The van der Waals surface area contributed by atoms with Crippen LogP contribution in [0.3, 0.4) is 0 Å². The lowest BCUT2D eigenvalue weighted by Crippen LogP contribution is -2.39. The predicted molar refractivity (Wildman–Crippen MR) is 96.5 cm³/mol. The van der Waals surface area contributed by atoms with E-state index in [1.165, 1.54) is 11.1 Å². The van der Waals surface area contributed by atoms with Crippen molar-refractivity contribution < 1.29 is 4.79 Å². The molecule has 0 aromatic heterocycles. The monoisotopic (exact) mass is 309 g/mol. The minimum atomic E-state index is 0.0246. The molecule has 1 heterocycles. The van der Waals surface area contributed by atoms with Crippen LogP contribution in [0.25, 0.3) is 5.57 Å². The molecule has 23 heavy (non-hydrogen) atoms. The molecular weight excluding hydrogens is 282 g/mol. The van der Waals surface area contributed by atoms with E-state index < -0.39 is 0 Å². The van der Waals surface area contributed by atoms with Crippen molar-refractivity contribution in [2.75, 3.05) is 13.1 Å². The van der Waals surface area contributed by atoms with Gasteiger partial charge in [-0.2, -0.15) is 0 Å². The third-order valence-corrected chi connectivity index (χ3v) is 5.54. The maximum Gasteiger partial charge on any atom is 0.159 e. The first-order valence-electron chi connectivity index (χ1n) is 8.58. The van der Waals surface area contributed by atoms with Gasteiger partial charge in [0.2, 0.25) is 0 Å². The number of hydrogen-bond donors (Lipinski definition) is 1. The Morgan fingerprint density at radius 1 is 1.09 bits per heavy atom. The maximum atomic E-state index is 11.5. The molecule has 1 aliphatic heterocycles. The van der Waals surface area contributed by atoms with Gasteiger partial charge in [-0.1, -0.05) is 62.8 Å². The number of ketones is 1. The highest BCUT2D eigenvalue weighted by Gasteiger charge is 2.43. The van der Waals surface area contributed by atoms with Crippen LogP contribution in [-0.2, 0) is 0 Å². The minimum Gasteiger partial charge on any atom is -0.316 e. The lowest BCUT2D eigenvalue weighted by atomic mass is 9.59. The van der Waals surface area contributed by atoms with E-state index in [0.29, 0.717) is 0 Å². The van der Waals surface area contributed by atoms with Gasteiger partial charge in [-0.05, 0) is 37.4 Å². The number of fused-ring (bicyclic) bond motifs is 1. The number of carbonyl (C=O) groups is 1. The highest BCUT2D eigenvalue weighted by Crippen LogP contribution is 2.54. The second-order valence-electron chi connectivity index (χ2n) is 7.72. The zero-order valence-electron chi connectivity index (χ0n) is 14.7. The number of rotatable bonds is 2. The van der Waals surface area contributed by atoms with Crippen LogP contribution in [0.5, 0.6) is 0 Å². The lowest BCUT2D eigenvalue weighted by molar-refractivity contribution is 0.101. The van der Waals surface area contributed by atoms with Gasteiger partial charge in [0, 0.05) is 22.9 Å². The zero-order chi connectivity index (χ0) is 16.7. The third kappa shape index (κ3) is 2.81. The molecule has 0 radical (unpaired) electrons. The predicted octanol–water partition coefficient (Wildman–Crippen LogP) is 4.63. The van der Waals surface area contributed by atoms with Crippen molar-refractivity contribution in [3.8, 4) is 0 Å².